The number of nitrogens with zero attached hydrogens (tertiary/aromatic N) is 2. The van der Waals surface area contributed by atoms with Crippen LogP contribution in [0.2, 0.25) is 0 Å². The molecule has 0 heterocycles. The number of carbonyl (C=O) groups excluding carboxylic acids is 2. The first kappa shape index (κ1) is 17.3. The first-order valence-electron chi connectivity index (χ1n) is 7.40. The van der Waals surface area contributed by atoms with Gasteiger partial charge < -0.3 is 9.47 Å². The van der Waals surface area contributed by atoms with E-state index < -0.39 is 0 Å². The van der Waals surface area contributed by atoms with Gasteiger partial charge in [0.25, 0.3) is 0 Å². The summed E-state index contributed by atoms with van der Waals surface area (Å²) in [5.74, 6) is -0.659. The molecule has 0 aliphatic rings. The minimum Gasteiger partial charge on any atom is -0.461 e. The number of carbonyl (C=O) groups is 2. The van der Waals surface area contributed by atoms with Gasteiger partial charge in [0.2, 0.25) is 0 Å². The molecular formula is C18H18N2O4. The molecule has 6 heteroatoms. The van der Waals surface area contributed by atoms with Gasteiger partial charge in [0, 0.05) is 19.4 Å². The van der Waals surface area contributed by atoms with E-state index in [2.05, 4.69) is 10.2 Å². The Morgan fingerprint density at radius 3 is 2.12 bits per heavy atom. The average Bonchev–Trinajstić information content (AvgIpc) is 2.57. The van der Waals surface area contributed by atoms with Gasteiger partial charge >= 0.3 is 11.9 Å². The van der Waals surface area contributed by atoms with E-state index in [9.17, 15) is 9.59 Å². The normalized spacial score (nSPS) is 10.6. The molecule has 0 aliphatic heterocycles. The molecule has 0 unspecified atom stereocenters. The quantitative estimate of drug-likeness (QED) is 0.588. The van der Waals surface area contributed by atoms with Crippen molar-refractivity contribution in [2.45, 2.75) is 27.1 Å². The van der Waals surface area contributed by atoms with E-state index in [4.69, 9.17) is 9.47 Å². The monoisotopic (exact) mass is 326 g/mol. The predicted molar refractivity (Wildman–Crippen MR) is 88.0 cm³/mol. The molecule has 0 saturated heterocycles. The maximum atomic E-state index is 10.9. The summed E-state index contributed by atoms with van der Waals surface area (Å²) in [5, 5.41) is 8.38. The molecule has 0 spiro atoms. The van der Waals surface area contributed by atoms with Crippen LogP contribution in [0.15, 0.2) is 58.8 Å². The van der Waals surface area contributed by atoms with Gasteiger partial charge in [0.05, 0.1) is 11.4 Å². The summed E-state index contributed by atoms with van der Waals surface area (Å²) < 4.78 is 9.93. The van der Waals surface area contributed by atoms with Gasteiger partial charge in [-0.2, -0.15) is 10.2 Å². The lowest BCUT2D eigenvalue weighted by molar-refractivity contribution is -0.143. The van der Waals surface area contributed by atoms with E-state index in [1.165, 1.54) is 13.8 Å². The van der Waals surface area contributed by atoms with E-state index >= 15 is 0 Å². The van der Waals surface area contributed by atoms with Crippen LogP contribution in [0.5, 0.6) is 0 Å². The highest BCUT2D eigenvalue weighted by Crippen LogP contribution is 2.23. The molecule has 0 N–H and O–H groups in total. The molecule has 0 amide bonds. The summed E-state index contributed by atoms with van der Waals surface area (Å²) in [4.78, 5) is 21.7. The van der Waals surface area contributed by atoms with Gasteiger partial charge in [0.15, 0.2) is 0 Å². The van der Waals surface area contributed by atoms with Crippen LogP contribution in [-0.4, -0.2) is 11.9 Å². The molecule has 0 radical (unpaired) electrons. The minimum absolute atomic E-state index is 0.159. The first-order chi connectivity index (χ1) is 11.5. The highest BCUT2D eigenvalue weighted by atomic mass is 16.5. The van der Waals surface area contributed by atoms with Crippen LogP contribution in [0, 0.1) is 0 Å². The van der Waals surface area contributed by atoms with Crippen LogP contribution in [0.3, 0.4) is 0 Å². The Balaban J connectivity index is 2.05. The van der Waals surface area contributed by atoms with Gasteiger partial charge in [-0.05, 0) is 23.8 Å². The van der Waals surface area contributed by atoms with Gasteiger partial charge in [-0.15, -0.1) is 0 Å². The Kier molecular flexibility index (Phi) is 6.19. The molecule has 0 saturated carbocycles. The number of ether oxygens (including phenoxy) is 2. The number of hydrogen-bond donors (Lipinski definition) is 0. The van der Waals surface area contributed by atoms with Crippen LogP contribution in [0.1, 0.15) is 25.0 Å². The summed E-state index contributed by atoms with van der Waals surface area (Å²) in [5.41, 5.74) is 2.97. The maximum absolute atomic E-state index is 10.9. The Morgan fingerprint density at radius 1 is 0.833 bits per heavy atom. The van der Waals surface area contributed by atoms with E-state index in [0.29, 0.717) is 11.4 Å². The molecule has 2 aromatic rings. The Morgan fingerprint density at radius 2 is 1.46 bits per heavy atom. The second kappa shape index (κ2) is 8.57. The van der Waals surface area contributed by atoms with Crippen molar-refractivity contribution in [1.29, 1.82) is 0 Å². The zero-order valence-corrected chi connectivity index (χ0v) is 13.6. The van der Waals surface area contributed by atoms with Crippen molar-refractivity contribution < 1.29 is 19.1 Å². The van der Waals surface area contributed by atoms with Crippen molar-refractivity contribution in [1.82, 2.24) is 0 Å². The van der Waals surface area contributed by atoms with Crippen molar-refractivity contribution >= 4 is 23.3 Å². The molecule has 2 rings (SSSR count). The molecule has 124 valence electrons. The summed E-state index contributed by atoms with van der Waals surface area (Å²) in [7, 11) is 0. The minimum atomic E-state index is -0.342. The molecule has 0 bridgehead atoms. The summed E-state index contributed by atoms with van der Waals surface area (Å²) >= 11 is 0. The van der Waals surface area contributed by atoms with E-state index in [0.717, 1.165) is 11.1 Å². The molecular weight excluding hydrogens is 308 g/mol. The van der Waals surface area contributed by atoms with Crippen molar-refractivity contribution in [2.24, 2.45) is 10.2 Å². The third-order valence-corrected chi connectivity index (χ3v) is 3.07. The fraction of sp³-hybridized carbons (Fsp3) is 0.222. The second-order valence-electron chi connectivity index (χ2n) is 5.06. The third-order valence-electron chi connectivity index (χ3n) is 3.07. The maximum Gasteiger partial charge on any atom is 0.302 e. The number of benzene rings is 2. The zero-order chi connectivity index (χ0) is 17.4. The second-order valence-corrected chi connectivity index (χ2v) is 5.06. The van der Waals surface area contributed by atoms with Crippen LogP contribution < -0.4 is 0 Å². The molecule has 24 heavy (non-hydrogen) atoms. The number of rotatable bonds is 6. The van der Waals surface area contributed by atoms with Crippen molar-refractivity contribution in [3.8, 4) is 0 Å². The van der Waals surface area contributed by atoms with Gasteiger partial charge in [-0.3, -0.25) is 9.59 Å². The fourth-order valence-corrected chi connectivity index (χ4v) is 1.87. The lowest BCUT2D eigenvalue weighted by Gasteiger charge is -2.05. The topological polar surface area (TPSA) is 77.3 Å². The molecule has 6 nitrogen and oxygen atoms in total. The van der Waals surface area contributed by atoms with Crippen molar-refractivity contribution in [2.75, 3.05) is 0 Å². The Bertz CT molecular complexity index is 739. The number of azo groups is 1. The van der Waals surface area contributed by atoms with E-state index in [1.807, 2.05) is 30.3 Å². The van der Waals surface area contributed by atoms with Crippen molar-refractivity contribution in [3.63, 3.8) is 0 Å². The van der Waals surface area contributed by atoms with Crippen LogP contribution in [-0.2, 0) is 32.3 Å². The fourth-order valence-electron chi connectivity index (χ4n) is 1.87. The lowest BCUT2D eigenvalue weighted by atomic mass is 10.2. The third kappa shape index (κ3) is 5.64. The smallest absolute Gasteiger partial charge is 0.302 e. The van der Waals surface area contributed by atoms with Crippen LogP contribution in [0.25, 0.3) is 0 Å². The van der Waals surface area contributed by atoms with Gasteiger partial charge in [-0.1, -0.05) is 30.3 Å². The molecule has 0 aliphatic carbocycles. The SMILES string of the molecule is CC(=O)OCc1ccc(N=Nc2ccccc2COC(C)=O)cc1. The van der Waals surface area contributed by atoms with Crippen molar-refractivity contribution in [3.05, 3.63) is 59.7 Å². The highest BCUT2D eigenvalue weighted by molar-refractivity contribution is 5.66. The lowest BCUT2D eigenvalue weighted by Crippen LogP contribution is -1.98. The summed E-state index contributed by atoms with van der Waals surface area (Å²) in [6.45, 7) is 3.13. The van der Waals surface area contributed by atoms with Crippen LogP contribution in [0.4, 0.5) is 11.4 Å². The van der Waals surface area contributed by atoms with E-state index in [-0.39, 0.29) is 25.2 Å². The standard InChI is InChI=1S/C18H18N2O4/c1-13(21)23-11-15-7-9-17(10-8-15)19-20-18-6-4-3-5-16(18)12-24-14(2)22/h3-10H,11-12H2,1-2H3. The Hall–Kier alpha value is -3.02. The largest absolute Gasteiger partial charge is 0.461 e. The van der Waals surface area contributed by atoms with E-state index in [1.54, 1.807) is 18.2 Å². The summed E-state index contributed by atoms with van der Waals surface area (Å²) in [6.07, 6.45) is 0. The number of esters is 2. The first-order valence-corrected chi connectivity index (χ1v) is 7.40. The predicted octanol–water partition coefficient (Wildman–Crippen LogP) is 4.23. The average molecular weight is 326 g/mol. The highest BCUT2D eigenvalue weighted by Gasteiger charge is 2.03. The van der Waals surface area contributed by atoms with Gasteiger partial charge in [0.1, 0.15) is 13.2 Å². The van der Waals surface area contributed by atoms with Crippen LogP contribution >= 0.6 is 0 Å². The number of hydrogen-bond acceptors (Lipinski definition) is 6. The molecule has 2 aromatic carbocycles. The Labute approximate surface area is 140 Å². The zero-order valence-electron chi connectivity index (χ0n) is 13.6. The molecule has 0 aromatic heterocycles. The molecule has 0 atom stereocenters. The summed E-state index contributed by atoms with van der Waals surface area (Å²) in [6, 6.07) is 14.5. The van der Waals surface area contributed by atoms with Gasteiger partial charge in [-0.25, -0.2) is 0 Å². The molecule has 0 fully saturated rings.